The second-order valence-corrected chi connectivity index (χ2v) is 7.92. The lowest BCUT2D eigenvalue weighted by Gasteiger charge is -2.23. The van der Waals surface area contributed by atoms with E-state index in [9.17, 15) is 18.0 Å². The van der Waals surface area contributed by atoms with Gasteiger partial charge in [0, 0.05) is 12.5 Å². The highest BCUT2D eigenvalue weighted by molar-refractivity contribution is 7.89. The van der Waals surface area contributed by atoms with Crippen molar-refractivity contribution in [1.29, 1.82) is 0 Å². The van der Waals surface area contributed by atoms with Crippen LogP contribution in [0.3, 0.4) is 0 Å². The third-order valence-corrected chi connectivity index (χ3v) is 6.32. The minimum absolute atomic E-state index is 0.00908. The molecule has 0 bridgehead atoms. The van der Waals surface area contributed by atoms with Gasteiger partial charge in [0.1, 0.15) is 10.9 Å². The van der Waals surface area contributed by atoms with E-state index in [1.54, 1.807) is 18.2 Å². The van der Waals surface area contributed by atoms with Gasteiger partial charge in [-0.1, -0.05) is 12.1 Å². The average molecular weight is 352 g/mol. The van der Waals surface area contributed by atoms with Crippen LogP contribution in [0.4, 0.5) is 5.69 Å². The number of benzene rings is 1. The Hall–Kier alpha value is -1.93. The van der Waals surface area contributed by atoms with Crippen LogP contribution in [0.5, 0.6) is 0 Å². The Morgan fingerprint density at radius 1 is 1.21 bits per heavy atom. The Morgan fingerprint density at radius 3 is 2.58 bits per heavy atom. The summed E-state index contributed by atoms with van der Waals surface area (Å²) < 4.78 is 31.9. The Labute approximate surface area is 141 Å². The maximum atomic E-state index is 13.0. The van der Waals surface area contributed by atoms with Crippen LogP contribution in [0.25, 0.3) is 0 Å². The van der Waals surface area contributed by atoms with E-state index in [0.717, 1.165) is 12.8 Å². The van der Waals surface area contributed by atoms with Gasteiger partial charge in [0.2, 0.25) is 15.9 Å². The van der Waals surface area contributed by atoms with E-state index >= 15 is 0 Å². The molecule has 1 N–H and O–H groups in total. The van der Waals surface area contributed by atoms with Crippen molar-refractivity contribution in [2.24, 2.45) is 5.92 Å². The van der Waals surface area contributed by atoms with Crippen LogP contribution in [-0.2, 0) is 24.3 Å². The fraction of sp³-hybridized carbons (Fsp3) is 0.500. The summed E-state index contributed by atoms with van der Waals surface area (Å²) in [6.45, 7) is 0.257. The van der Waals surface area contributed by atoms with E-state index in [2.05, 4.69) is 5.32 Å². The Bertz CT molecular complexity index is 757. The molecule has 7 nitrogen and oxygen atoms in total. The van der Waals surface area contributed by atoms with E-state index in [0.29, 0.717) is 12.8 Å². The second kappa shape index (κ2) is 6.52. The zero-order chi connectivity index (χ0) is 17.3. The summed E-state index contributed by atoms with van der Waals surface area (Å²) in [6.07, 6.45) is 2.69. The Morgan fingerprint density at radius 2 is 1.92 bits per heavy atom. The van der Waals surface area contributed by atoms with E-state index in [-0.39, 0.29) is 29.0 Å². The lowest BCUT2D eigenvalue weighted by Crippen LogP contribution is -2.41. The number of nitrogens with one attached hydrogen (secondary N) is 1. The predicted octanol–water partition coefficient (Wildman–Crippen LogP) is 1.36. The first-order chi connectivity index (χ1) is 11.4. The minimum Gasteiger partial charge on any atom is -0.468 e. The van der Waals surface area contributed by atoms with Crippen LogP contribution >= 0.6 is 0 Å². The van der Waals surface area contributed by atoms with Crippen LogP contribution in [0.15, 0.2) is 29.2 Å². The van der Waals surface area contributed by atoms with Gasteiger partial charge in [-0.05, 0) is 37.8 Å². The molecule has 1 saturated carbocycles. The molecule has 1 atom stereocenters. The van der Waals surface area contributed by atoms with E-state index < -0.39 is 22.0 Å². The van der Waals surface area contributed by atoms with Crippen LogP contribution < -0.4 is 5.32 Å². The molecule has 8 heteroatoms. The molecule has 130 valence electrons. The van der Waals surface area contributed by atoms with Gasteiger partial charge in [0.05, 0.1) is 12.8 Å². The summed E-state index contributed by atoms with van der Waals surface area (Å²) in [7, 11) is -2.66. The zero-order valence-corrected chi connectivity index (χ0v) is 14.2. The number of sulfonamides is 1. The molecular formula is C16H20N2O5S. The highest BCUT2D eigenvalue weighted by atomic mass is 32.2. The predicted molar refractivity (Wildman–Crippen MR) is 86.7 cm³/mol. The Kier molecular flexibility index (Phi) is 4.60. The van der Waals surface area contributed by atoms with Gasteiger partial charge < -0.3 is 10.1 Å². The topological polar surface area (TPSA) is 92.8 Å². The number of amides is 1. The zero-order valence-electron chi connectivity index (χ0n) is 13.4. The van der Waals surface area contributed by atoms with Crippen LogP contribution in [0.1, 0.15) is 25.7 Å². The van der Waals surface area contributed by atoms with Crippen LogP contribution in [0.2, 0.25) is 0 Å². The number of anilines is 1. The monoisotopic (exact) mass is 352 g/mol. The number of nitrogens with zero attached hydrogens (tertiary/aromatic N) is 1. The molecule has 1 saturated heterocycles. The maximum Gasteiger partial charge on any atom is 0.324 e. The number of rotatable bonds is 5. The van der Waals surface area contributed by atoms with Crippen molar-refractivity contribution < 1.29 is 22.7 Å². The second-order valence-electron chi connectivity index (χ2n) is 6.06. The molecule has 1 aromatic rings. The lowest BCUT2D eigenvalue weighted by atomic mass is 10.2. The van der Waals surface area contributed by atoms with Crippen LogP contribution in [-0.4, -0.2) is 44.3 Å². The highest BCUT2D eigenvalue weighted by Gasteiger charge is 2.41. The normalized spacial score (nSPS) is 21.5. The van der Waals surface area contributed by atoms with E-state index in [1.807, 2.05) is 0 Å². The third-order valence-electron chi connectivity index (χ3n) is 4.36. The number of para-hydroxylation sites is 1. The van der Waals surface area contributed by atoms with Crippen molar-refractivity contribution >= 4 is 27.6 Å². The quantitative estimate of drug-likeness (QED) is 0.808. The number of hydrogen-bond acceptors (Lipinski definition) is 5. The molecule has 2 fully saturated rings. The van der Waals surface area contributed by atoms with Crippen molar-refractivity contribution in [2.45, 2.75) is 36.6 Å². The summed E-state index contributed by atoms with van der Waals surface area (Å²) in [5.41, 5.74) is 0.255. The molecule has 1 unspecified atom stereocenters. The largest absolute Gasteiger partial charge is 0.468 e. The van der Waals surface area contributed by atoms with Gasteiger partial charge in [-0.3, -0.25) is 9.59 Å². The summed E-state index contributed by atoms with van der Waals surface area (Å²) in [5, 5.41) is 2.70. The fourth-order valence-electron chi connectivity index (χ4n) is 2.90. The molecule has 1 aliphatic heterocycles. The molecule has 1 aromatic carbocycles. The summed E-state index contributed by atoms with van der Waals surface area (Å²) >= 11 is 0. The standard InChI is InChI=1S/C16H20N2O5S/c1-23-16(20)13-6-4-10-18(13)24(21,22)14-7-3-2-5-12(14)17-15(19)11-8-9-11/h2-3,5,7,11,13H,4,6,8-10H2,1H3,(H,17,19). The number of carbonyl (C=O) groups is 2. The molecule has 1 heterocycles. The molecule has 1 amide bonds. The van der Waals surface area contributed by atoms with Crippen molar-refractivity contribution in [1.82, 2.24) is 4.31 Å². The first-order valence-corrected chi connectivity index (χ1v) is 9.38. The van der Waals surface area contributed by atoms with Gasteiger partial charge in [0.15, 0.2) is 0 Å². The summed E-state index contributed by atoms with van der Waals surface area (Å²) in [6, 6.07) is 5.47. The smallest absolute Gasteiger partial charge is 0.324 e. The van der Waals surface area contributed by atoms with Crippen molar-refractivity contribution in [3.63, 3.8) is 0 Å². The molecule has 2 aliphatic rings. The fourth-order valence-corrected chi connectivity index (χ4v) is 4.70. The minimum atomic E-state index is -3.91. The van der Waals surface area contributed by atoms with Gasteiger partial charge in [-0.2, -0.15) is 4.31 Å². The molecule has 0 spiro atoms. The van der Waals surface area contributed by atoms with Gasteiger partial charge in [0.25, 0.3) is 0 Å². The molecule has 0 aromatic heterocycles. The average Bonchev–Trinajstić information content (AvgIpc) is 3.31. The first kappa shape index (κ1) is 16.9. The third kappa shape index (κ3) is 3.16. The summed E-state index contributed by atoms with van der Waals surface area (Å²) in [5.74, 6) is -0.755. The summed E-state index contributed by atoms with van der Waals surface area (Å²) in [4.78, 5) is 23.9. The van der Waals surface area contributed by atoms with Crippen molar-refractivity contribution in [2.75, 3.05) is 19.0 Å². The van der Waals surface area contributed by atoms with E-state index in [1.165, 1.54) is 17.5 Å². The van der Waals surface area contributed by atoms with Gasteiger partial charge >= 0.3 is 5.97 Å². The number of methoxy groups -OCH3 is 1. The van der Waals surface area contributed by atoms with Crippen LogP contribution in [0, 0.1) is 5.92 Å². The first-order valence-electron chi connectivity index (χ1n) is 7.94. The number of esters is 1. The number of carbonyl (C=O) groups excluding carboxylic acids is 2. The highest BCUT2D eigenvalue weighted by Crippen LogP contribution is 2.33. The van der Waals surface area contributed by atoms with Gasteiger partial charge in [-0.25, -0.2) is 8.42 Å². The molecule has 3 rings (SSSR count). The molecular weight excluding hydrogens is 332 g/mol. The SMILES string of the molecule is COC(=O)C1CCCN1S(=O)(=O)c1ccccc1NC(=O)C1CC1. The maximum absolute atomic E-state index is 13.0. The number of ether oxygens (including phenoxy) is 1. The van der Waals surface area contributed by atoms with E-state index in [4.69, 9.17) is 4.74 Å². The van der Waals surface area contributed by atoms with Gasteiger partial charge in [-0.15, -0.1) is 0 Å². The molecule has 1 aliphatic carbocycles. The lowest BCUT2D eigenvalue weighted by molar-refractivity contribution is -0.144. The van der Waals surface area contributed by atoms with Crippen molar-refractivity contribution in [3.8, 4) is 0 Å². The van der Waals surface area contributed by atoms with Crippen molar-refractivity contribution in [3.05, 3.63) is 24.3 Å². The molecule has 24 heavy (non-hydrogen) atoms. The Balaban J connectivity index is 1.92. The molecule has 0 radical (unpaired) electrons. The number of hydrogen-bond donors (Lipinski definition) is 1.